The van der Waals surface area contributed by atoms with Gasteiger partial charge in [0.25, 0.3) is 0 Å². The predicted molar refractivity (Wildman–Crippen MR) is 102 cm³/mol. The molecule has 0 unspecified atom stereocenters. The molecule has 2 fully saturated rings. The first-order valence-corrected chi connectivity index (χ1v) is 9.67. The smallest absolute Gasteiger partial charge is 0.248 e. The zero-order chi connectivity index (χ0) is 18.0. The molecule has 4 rings (SSSR count). The van der Waals surface area contributed by atoms with Gasteiger partial charge in [-0.3, -0.25) is 0 Å². The van der Waals surface area contributed by atoms with Gasteiger partial charge in [0.05, 0.1) is 0 Å². The van der Waals surface area contributed by atoms with Crippen molar-refractivity contribution in [2.24, 2.45) is 10.4 Å². The zero-order valence-electron chi connectivity index (χ0n) is 15.0. The van der Waals surface area contributed by atoms with Crippen LogP contribution in [0.15, 0.2) is 33.8 Å². The molecular formula is C19H24ClN5O. The minimum absolute atomic E-state index is 0.381. The normalized spacial score (nSPS) is 19.0. The molecule has 138 valence electrons. The predicted octanol–water partition coefficient (Wildman–Crippen LogP) is 3.73. The van der Waals surface area contributed by atoms with Gasteiger partial charge in [0, 0.05) is 30.2 Å². The van der Waals surface area contributed by atoms with Crippen molar-refractivity contribution in [2.75, 3.05) is 19.6 Å². The maximum Gasteiger partial charge on any atom is 0.248 e. The largest absolute Gasteiger partial charge is 0.357 e. The van der Waals surface area contributed by atoms with E-state index >= 15 is 0 Å². The Hall–Kier alpha value is -2.08. The summed E-state index contributed by atoms with van der Waals surface area (Å²) in [6.45, 7) is 5.51. The fraction of sp³-hybridized carbons (Fsp3) is 0.526. The average Bonchev–Trinajstić information content (AvgIpc) is 3.26. The average molecular weight is 374 g/mol. The topological polar surface area (TPSA) is 66.5 Å². The van der Waals surface area contributed by atoms with E-state index in [1.807, 2.05) is 24.3 Å². The summed E-state index contributed by atoms with van der Waals surface area (Å²) in [6.07, 6.45) is 5.36. The van der Waals surface area contributed by atoms with Crippen LogP contribution in [0.3, 0.4) is 0 Å². The molecule has 2 aliphatic rings. The second-order valence-corrected chi connectivity index (χ2v) is 7.65. The van der Waals surface area contributed by atoms with E-state index in [1.165, 1.54) is 25.7 Å². The number of rotatable bonds is 4. The lowest BCUT2D eigenvalue weighted by molar-refractivity contribution is 0.151. The minimum Gasteiger partial charge on any atom is -0.357 e. The van der Waals surface area contributed by atoms with E-state index in [9.17, 15) is 0 Å². The number of halogens is 1. The van der Waals surface area contributed by atoms with Crippen LogP contribution in [0.5, 0.6) is 0 Å². The van der Waals surface area contributed by atoms with Gasteiger partial charge in [-0.05, 0) is 55.9 Å². The second-order valence-electron chi connectivity index (χ2n) is 7.21. The Morgan fingerprint density at radius 3 is 2.77 bits per heavy atom. The molecule has 1 spiro atoms. The molecule has 1 aliphatic carbocycles. The molecule has 1 aliphatic heterocycles. The fourth-order valence-corrected chi connectivity index (χ4v) is 3.93. The molecule has 7 heteroatoms. The van der Waals surface area contributed by atoms with Crippen molar-refractivity contribution in [1.29, 1.82) is 0 Å². The summed E-state index contributed by atoms with van der Waals surface area (Å²) in [5.41, 5.74) is 1.43. The van der Waals surface area contributed by atoms with Gasteiger partial charge < -0.3 is 14.7 Å². The van der Waals surface area contributed by atoms with Crippen LogP contribution in [0.4, 0.5) is 0 Å². The minimum atomic E-state index is 0.381. The molecule has 0 radical (unpaired) electrons. The lowest BCUT2D eigenvalue weighted by Crippen LogP contribution is -2.42. The Bertz CT molecular complexity index is 781. The third kappa shape index (κ3) is 3.56. The summed E-state index contributed by atoms with van der Waals surface area (Å²) in [6, 6.07) is 7.40. The standard InChI is InChI=1S/C19H24ClN5O/c1-2-21-18(25-11-10-19(13-25)8-3-9-19)22-12-16-23-17(24-26-16)14-4-6-15(20)7-5-14/h4-7H,2-3,8-13H2,1H3,(H,21,22). The molecule has 2 aromatic rings. The molecule has 1 saturated carbocycles. The molecule has 6 nitrogen and oxygen atoms in total. The Balaban J connectivity index is 1.44. The van der Waals surface area contributed by atoms with Crippen molar-refractivity contribution in [3.63, 3.8) is 0 Å². The maximum absolute atomic E-state index is 5.92. The Morgan fingerprint density at radius 1 is 1.31 bits per heavy atom. The van der Waals surface area contributed by atoms with Crippen LogP contribution in [0, 0.1) is 5.41 Å². The highest BCUT2D eigenvalue weighted by atomic mass is 35.5. The first-order valence-electron chi connectivity index (χ1n) is 9.29. The molecule has 0 atom stereocenters. The van der Waals surface area contributed by atoms with Crippen LogP contribution in [0.2, 0.25) is 5.02 Å². The molecule has 1 N–H and O–H groups in total. The number of guanidine groups is 1. The summed E-state index contributed by atoms with van der Waals surface area (Å²) in [7, 11) is 0. The van der Waals surface area contributed by atoms with Gasteiger partial charge in [-0.1, -0.05) is 23.2 Å². The number of hydrogen-bond donors (Lipinski definition) is 1. The summed E-state index contributed by atoms with van der Waals surface area (Å²) >= 11 is 5.92. The van der Waals surface area contributed by atoms with Gasteiger partial charge in [0.1, 0.15) is 6.54 Å². The number of likely N-dealkylation sites (tertiary alicyclic amines) is 1. The maximum atomic E-state index is 5.92. The summed E-state index contributed by atoms with van der Waals surface area (Å²) < 4.78 is 5.37. The highest BCUT2D eigenvalue weighted by Gasteiger charge is 2.43. The van der Waals surface area contributed by atoms with Crippen LogP contribution in [0.1, 0.15) is 38.5 Å². The van der Waals surface area contributed by atoms with Crippen molar-refractivity contribution in [1.82, 2.24) is 20.4 Å². The molecule has 1 aromatic heterocycles. The van der Waals surface area contributed by atoms with Crippen molar-refractivity contribution in [3.8, 4) is 11.4 Å². The molecule has 26 heavy (non-hydrogen) atoms. The third-order valence-electron chi connectivity index (χ3n) is 5.42. The van der Waals surface area contributed by atoms with Gasteiger partial charge >= 0.3 is 0 Å². The Morgan fingerprint density at radius 2 is 2.12 bits per heavy atom. The number of nitrogens with zero attached hydrogens (tertiary/aromatic N) is 4. The summed E-state index contributed by atoms with van der Waals surface area (Å²) in [5, 5.41) is 8.13. The van der Waals surface area contributed by atoms with Crippen LogP contribution in [-0.4, -0.2) is 40.6 Å². The number of hydrogen-bond acceptors (Lipinski definition) is 4. The molecule has 1 aromatic carbocycles. The zero-order valence-corrected chi connectivity index (χ0v) is 15.8. The van der Waals surface area contributed by atoms with Crippen LogP contribution in [0.25, 0.3) is 11.4 Å². The highest BCUT2D eigenvalue weighted by Crippen LogP contribution is 2.47. The van der Waals surface area contributed by atoms with Crippen LogP contribution < -0.4 is 5.32 Å². The molecular weight excluding hydrogens is 350 g/mol. The van der Waals surface area contributed by atoms with Crippen molar-refractivity contribution >= 4 is 17.6 Å². The van der Waals surface area contributed by atoms with Crippen LogP contribution in [-0.2, 0) is 6.54 Å². The SMILES string of the molecule is CCNC(=NCc1nc(-c2ccc(Cl)cc2)no1)N1CCC2(CCC2)C1. The van der Waals surface area contributed by atoms with Crippen LogP contribution >= 0.6 is 11.6 Å². The molecule has 2 heterocycles. The summed E-state index contributed by atoms with van der Waals surface area (Å²) in [4.78, 5) is 11.5. The first kappa shape index (κ1) is 17.3. The quantitative estimate of drug-likeness (QED) is 0.653. The highest BCUT2D eigenvalue weighted by molar-refractivity contribution is 6.30. The van der Waals surface area contributed by atoms with E-state index < -0.39 is 0 Å². The second kappa shape index (κ2) is 7.27. The lowest BCUT2D eigenvalue weighted by atomic mass is 9.68. The Labute approximate surface area is 158 Å². The molecule has 1 saturated heterocycles. The first-order chi connectivity index (χ1) is 12.7. The Kier molecular flexibility index (Phi) is 4.85. The van der Waals surface area contributed by atoms with Gasteiger partial charge in [-0.2, -0.15) is 4.98 Å². The van der Waals surface area contributed by atoms with Crippen molar-refractivity contribution < 1.29 is 4.52 Å². The summed E-state index contributed by atoms with van der Waals surface area (Å²) in [5.74, 6) is 2.02. The van der Waals surface area contributed by atoms with Gasteiger partial charge in [-0.25, -0.2) is 4.99 Å². The van der Waals surface area contributed by atoms with E-state index in [4.69, 9.17) is 21.1 Å². The monoisotopic (exact) mass is 373 g/mol. The molecule has 0 amide bonds. The van der Waals surface area contributed by atoms with Crippen molar-refractivity contribution in [3.05, 3.63) is 35.2 Å². The number of aliphatic imine (C=N–C) groups is 1. The van der Waals surface area contributed by atoms with E-state index in [-0.39, 0.29) is 0 Å². The lowest BCUT2D eigenvalue weighted by Gasteiger charge is -2.38. The van der Waals surface area contributed by atoms with E-state index in [0.717, 1.165) is 31.2 Å². The van der Waals surface area contributed by atoms with Gasteiger partial charge in [0.15, 0.2) is 5.96 Å². The fourth-order valence-electron chi connectivity index (χ4n) is 3.80. The van der Waals surface area contributed by atoms with E-state index in [1.54, 1.807) is 0 Å². The van der Waals surface area contributed by atoms with E-state index in [2.05, 4.69) is 27.3 Å². The van der Waals surface area contributed by atoms with E-state index in [0.29, 0.717) is 28.7 Å². The number of benzene rings is 1. The van der Waals surface area contributed by atoms with Gasteiger partial charge in [0.2, 0.25) is 11.7 Å². The van der Waals surface area contributed by atoms with Gasteiger partial charge in [-0.15, -0.1) is 0 Å². The van der Waals surface area contributed by atoms with Crippen molar-refractivity contribution in [2.45, 2.75) is 39.2 Å². The number of aromatic nitrogens is 2. The molecule has 0 bridgehead atoms. The third-order valence-corrected chi connectivity index (χ3v) is 5.67. The number of nitrogens with one attached hydrogen (secondary N) is 1.